The molecule has 160 valence electrons. The molecular formula is C21H27N5O4. The summed E-state index contributed by atoms with van der Waals surface area (Å²) in [5.74, 6) is 1.67. The van der Waals surface area contributed by atoms with Gasteiger partial charge in [-0.15, -0.1) is 0 Å². The molecule has 9 heteroatoms. The lowest BCUT2D eigenvalue weighted by Gasteiger charge is -2.35. The van der Waals surface area contributed by atoms with Crippen LogP contribution >= 0.6 is 0 Å². The van der Waals surface area contributed by atoms with Gasteiger partial charge in [-0.2, -0.15) is 0 Å². The zero-order valence-corrected chi connectivity index (χ0v) is 17.4. The van der Waals surface area contributed by atoms with Gasteiger partial charge in [0.05, 0.1) is 19.9 Å². The van der Waals surface area contributed by atoms with Gasteiger partial charge in [0.2, 0.25) is 5.91 Å². The van der Waals surface area contributed by atoms with Gasteiger partial charge in [-0.1, -0.05) is 6.07 Å². The Morgan fingerprint density at radius 3 is 2.47 bits per heavy atom. The summed E-state index contributed by atoms with van der Waals surface area (Å²) >= 11 is 0. The summed E-state index contributed by atoms with van der Waals surface area (Å²) < 4.78 is 10.4. The molecule has 2 aromatic rings. The second-order valence-electron chi connectivity index (χ2n) is 6.89. The highest BCUT2D eigenvalue weighted by molar-refractivity contribution is 5.97. The van der Waals surface area contributed by atoms with Crippen LogP contribution in [0.2, 0.25) is 0 Å². The molecule has 2 heterocycles. The van der Waals surface area contributed by atoms with Crippen LogP contribution < -0.4 is 25.0 Å². The van der Waals surface area contributed by atoms with Gasteiger partial charge in [0.1, 0.15) is 23.4 Å². The van der Waals surface area contributed by atoms with Crippen molar-refractivity contribution in [3.05, 3.63) is 42.6 Å². The minimum absolute atomic E-state index is 0.264. The number of carbonyl (C=O) groups excluding carboxylic acids is 2. The summed E-state index contributed by atoms with van der Waals surface area (Å²) in [6, 6.07) is 9.90. The van der Waals surface area contributed by atoms with E-state index in [-0.39, 0.29) is 11.9 Å². The van der Waals surface area contributed by atoms with Gasteiger partial charge >= 0.3 is 6.03 Å². The monoisotopic (exact) mass is 413 g/mol. The van der Waals surface area contributed by atoms with Crippen LogP contribution in [0, 0.1) is 0 Å². The van der Waals surface area contributed by atoms with Crippen LogP contribution in [0.1, 0.15) is 6.92 Å². The number of aromatic nitrogens is 1. The molecule has 0 radical (unpaired) electrons. The normalized spacial score (nSPS) is 14.6. The van der Waals surface area contributed by atoms with E-state index in [1.807, 2.05) is 18.2 Å². The first-order chi connectivity index (χ1) is 14.5. The predicted molar refractivity (Wildman–Crippen MR) is 114 cm³/mol. The average molecular weight is 413 g/mol. The number of nitrogens with one attached hydrogen (secondary N) is 2. The van der Waals surface area contributed by atoms with Crippen molar-refractivity contribution < 1.29 is 19.1 Å². The van der Waals surface area contributed by atoms with Crippen LogP contribution in [0.25, 0.3) is 0 Å². The standard InChI is InChI=1S/C21H27N5O4/c1-15(20(27)24-17-8-7-16(29-2)14-18(17)30-3)23-21(28)26-12-10-25(11-13-26)19-6-4-5-9-22-19/h4-9,14-15H,10-13H2,1-3H3,(H,23,28)(H,24,27)/t15-/m0/s1. The summed E-state index contributed by atoms with van der Waals surface area (Å²) in [6.45, 7) is 4.14. The number of urea groups is 1. The molecule has 1 aromatic carbocycles. The number of anilines is 2. The van der Waals surface area contributed by atoms with Crippen molar-refractivity contribution in [3.63, 3.8) is 0 Å². The largest absolute Gasteiger partial charge is 0.497 e. The van der Waals surface area contributed by atoms with Gasteiger partial charge in [0.25, 0.3) is 0 Å². The zero-order chi connectivity index (χ0) is 21.5. The van der Waals surface area contributed by atoms with Crippen molar-refractivity contribution >= 4 is 23.4 Å². The van der Waals surface area contributed by atoms with Crippen molar-refractivity contribution in [2.45, 2.75) is 13.0 Å². The molecule has 3 amide bonds. The Labute approximate surface area is 176 Å². The maximum atomic E-state index is 12.6. The quantitative estimate of drug-likeness (QED) is 0.752. The maximum absolute atomic E-state index is 12.6. The predicted octanol–water partition coefficient (Wildman–Crippen LogP) is 1.96. The second-order valence-corrected chi connectivity index (χ2v) is 6.89. The Morgan fingerprint density at radius 1 is 1.07 bits per heavy atom. The van der Waals surface area contributed by atoms with Crippen molar-refractivity contribution in [1.82, 2.24) is 15.2 Å². The number of nitrogens with zero attached hydrogens (tertiary/aromatic N) is 3. The van der Waals surface area contributed by atoms with Gasteiger partial charge in [-0.3, -0.25) is 4.79 Å². The molecule has 1 aliphatic rings. The number of piperazine rings is 1. The highest BCUT2D eigenvalue weighted by Crippen LogP contribution is 2.29. The minimum Gasteiger partial charge on any atom is -0.497 e. The van der Waals surface area contributed by atoms with Gasteiger partial charge < -0.3 is 29.9 Å². The van der Waals surface area contributed by atoms with Crippen molar-refractivity contribution in [1.29, 1.82) is 0 Å². The Kier molecular flexibility index (Phi) is 6.95. The van der Waals surface area contributed by atoms with Gasteiger partial charge in [-0.25, -0.2) is 9.78 Å². The summed E-state index contributed by atoms with van der Waals surface area (Å²) in [7, 11) is 3.07. The molecule has 1 saturated heterocycles. The fourth-order valence-electron chi connectivity index (χ4n) is 3.16. The number of rotatable bonds is 6. The smallest absolute Gasteiger partial charge is 0.318 e. The number of amides is 3. The average Bonchev–Trinajstić information content (AvgIpc) is 2.79. The van der Waals surface area contributed by atoms with Crippen molar-refractivity contribution in [3.8, 4) is 11.5 Å². The SMILES string of the molecule is COc1ccc(NC(=O)[C@H](C)NC(=O)N2CCN(c3ccccn3)CC2)c(OC)c1. The van der Waals surface area contributed by atoms with E-state index in [1.54, 1.807) is 43.3 Å². The van der Waals surface area contributed by atoms with Crippen LogP contribution in [0.15, 0.2) is 42.6 Å². The summed E-state index contributed by atoms with van der Waals surface area (Å²) in [5.41, 5.74) is 0.508. The number of hydrogen-bond acceptors (Lipinski definition) is 6. The molecule has 1 aromatic heterocycles. The molecule has 1 fully saturated rings. The summed E-state index contributed by atoms with van der Waals surface area (Å²) in [5, 5.41) is 5.54. The number of pyridine rings is 1. The number of carbonyl (C=O) groups is 2. The van der Waals surface area contributed by atoms with Crippen LogP contribution in [0.5, 0.6) is 11.5 Å². The first-order valence-corrected chi connectivity index (χ1v) is 9.76. The third-order valence-corrected chi connectivity index (χ3v) is 4.94. The van der Waals surface area contributed by atoms with E-state index in [0.717, 1.165) is 5.82 Å². The zero-order valence-electron chi connectivity index (χ0n) is 17.4. The summed E-state index contributed by atoms with van der Waals surface area (Å²) in [4.78, 5) is 33.3. The minimum atomic E-state index is -0.710. The fourth-order valence-corrected chi connectivity index (χ4v) is 3.16. The molecule has 0 unspecified atom stereocenters. The number of methoxy groups -OCH3 is 2. The first kappa shape index (κ1) is 21.2. The van der Waals surface area contributed by atoms with E-state index in [1.165, 1.54) is 7.11 Å². The topological polar surface area (TPSA) is 96.0 Å². The van der Waals surface area contributed by atoms with Crippen LogP contribution in [0.4, 0.5) is 16.3 Å². The number of hydrogen-bond donors (Lipinski definition) is 2. The van der Waals surface area contributed by atoms with E-state index in [2.05, 4.69) is 20.5 Å². The Morgan fingerprint density at radius 2 is 1.83 bits per heavy atom. The van der Waals surface area contributed by atoms with Gasteiger partial charge in [-0.05, 0) is 31.2 Å². The van der Waals surface area contributed by atoms with Gasteiger partial charge in [0.15, 0.2) is 0 Å². The Hall–Kier alpha value is -3.49. The molecule has 1 aliphatic heterocycles. The molecule has 0 bridgehead atoms. The van der Waals surface area contributed by atoms with E-state index in [0.29, 0.717) is 43.4 Å². The Balaban J connectivity index is 1.51. The first-order valence-electron chi connectivity index (χ1n) is 9.76. The molecule has 30 heavy (non-hydrogen) atoms. The lowest BCUT2D eigenvalue weighted by Crippen LogP contribution is -2.54. The second kappa shape index (κ2) is 9.82. The summed E-state index contributed by atoms with van der Waals surface area (Å²) in [6.07, 6.45) is 1.76. The van der Waals surface area contributed by atoms with Crippen molar-refractivity contribution in [2.75, 3.05) is 50.6 Å². The number of ether oxygens (including phenoxy) is 2. The lowest BCUT2D eigenvalue weighted by atomic mass is 10.2. The third-order valence-electron chi connectivity index (χ3n) is 4.94. The Bertz CT molecular complexity index is 869. The van der Waals surface area contributed by atoms with E-state index in [9.17, 15) is 9.59 Å². The van der Waals surface area contributed by atoms with Crippen LogP contribution in [-0.2, 0) is 4.79 Å². The maximum Gasteiger partial charge on any atom is 0.318 e. The third kappa shape index (κ3) is 5.11. The molecular weight excluding hydrogens is 386 g/mol. The highest BCUT2D eigenvalue weighted by Gasteiger charge is 2.25. The molecule has 9 nitrogen and oxygen atoms in total. The molecule has 1 atom stereocenters. The molecule has 0 saturated carbocycles. The van der Waals surface area contributed by atoms with Crippen LogP contribution in [-0.4, -0.2) is 68.3 Å². The number of benzene rings is 1. The van der Waals surface area contributed by atoms with E-state index in [4.69, 9.17) is 9.47 Å². The highest BCUT2D eigenvalue weighted by atomic mass is 16.5. The van der Waals surface area contributed by atoms with E-state index < -0.39 is 6.04 Å². The molecule has 0 spiro atoms. The molecule has 0 aliphatic carbocycles. The molecule has 3 rings (SSSR count). The fraction of sp³-hybridized carbons (Fsp3) is 0.381. The molecule has 2 N–H and O–H groups in total. The lowest BCUT2D eigenvalue weighted by molar-refractivity contribution is -0.117. The van der Waals surface area contributed by atoms with E-state index >= 15 is 0 Å². The van der Waals surface area contributed by atoms with Gasteiger partial charge in [0, 0.05) is 38.4 Å². The van der Waals surface area contributed by atoms with Crippen LogP contribution in [0.3, 0.4) is 0 Å². The van der Waals surface area contributed by atoms with Crippen molar-refractivity contribution in [2.24, 2.45) is 0 Å².